The van der Waals surface area contributed by atoms with Crippen molar-refractivity contribution in [2.75, 3.05) is 6.61 Å². The van der Waals surface area contributed by atoms with Gasteiger partial charge in [-0.2, -0.15) is 0 Å². The van der Waals surface area contributed by atoms with Gasteiger partial charge in [0, 0.05) is 24.5 Å². The summed E-state index contributed by atoms with van der Waals surface area (Å²) in [6.45, 7) is -0.558. The van der Waals surface area contributed by atoms with Crippen LogP contribution in [-0.2, 0) is 0 Å². The fourth-order valence-electron chi connectivity index (χ4n) is 1.46. The molecule has 3 nitrogen and oxygen atoms in total. The lowest BCUT2D eigenvalue weighted by Crippen LogP contribution is -2.24. The van der Waals surface area contributed by atoms with E-state index in [1.54, 1.807) is 0 Å². The van der Waals surface area contributed by atoms with Crippen molar-refractivity contribution in [3.8, 4) is 0 Å². The Balaban J connectivity index is 2.64. The third-order valence-electron chi connectivity index (χ3n) is 2.11. The van der Waals surface area contributed by atoms with E-state index in [0.717, 1.165) is 0 Å². The first kappa shape index (κ1) is 9.54. The van der Waals surface area contributed by atoms with Crippen molar-refractivity contribution in [1.82, 2.24) is 0 Å². The molecular weight excluding hydrogens is 168 g/mol. The Morgan fingerprint density at radius 2 is 2.08 bits per heavy atom. The monoisotopic (exact) mass is 179 g/mol. The van der Waals surface area contributed by atoms with Crippen LogP contribution < -0.4 is 0 Å². The maximum Gasteiger partial charge on any atom is 0.251 e. The fourth-order valence-corrected chi connectivity index (χ4v) is 1.46. The molecule has 1 fully saturated rings. The number of hydrogen-bond acceptors (Lipinski definition) is 3. The van der Waals surface area contributed by atoms with Crippen LogP contribution in [-0.4, -0.2) is 34.6 Å². The normalized spacial score (nSPS) is 33.7. The molecule has 0 amide bonds. The standard InChI is InChI=1S/C7H11F2NO2/c8-7(9)1-4(5(10)3-11)6(12)2-7/h4,6,10-12H,1-3H2/t4-,6-/m1/s1. The first-order chi connectivity index (χ1) is 5.46. The molecule has 0 saturated heterocycles. The lowest BCUT2D eigenvalue weighted by atomic mass is 10.0. The number of rotatable bonds is 2. The van der Waals surface area contributed by atoms with Crippen molar-refractivity contribution in [2.24, 2.45) is 5.92 Å². The molecule has 0 aromatic rings. The van der Waals surface area contributed by atoms with Crippen LogP contribution in [0.1, 0.15) is 12.8 Å². The number of hydrogen-bond donors (Lipinski definition) is 3. The van der Waals surface area contributed by atoms with E-state index in [4.69, 9.17) is 15.6 Å². The van der Waals surface area contributed by atoms with Gasteiger partial charge < -0.3 is 15.6 Å². The summed E-state index contributed by atoms with van der Waals surface area (Å²) in [5.41, 5.74) is -0.209. The van der Waals surface area contributed by atoms with Crippen LogP contribution in [0.2, 0.25) is 0 Å². The predicted molar refractivity (Wildman–Crippen MR) is 38.5 cm³/mol. The third kappa shape index (κ3) is 1.78. The number of aliphatic hydroxyl groups is 2. The van der Waals surface area contributed by atoms with Gasteiger partial charge in [0.15, 0.2) is 0 Å². The second kappa shape index (κ2) is 3.06. The predicted octanol–water partition coefficient (Wildman–Crippen LogP) is 0.405. The molecule has 0 aliphatic heterocycles. The average Bonchev–Trinajstić information content (AvgIpc) is 2.23. The van der Waals surface area contributed by atoms with E-state index in [0.29, 0.717) is 0 Å². The molecule has 0 bridgehead atoms. The van der Waals surface area contributed by atoms with Gasteiger partial charge in [0.1, 0.15) is 0 Å². The highest BCUT2D eigenvalue weighted by Crippen LogP contribution is 2.39. The molecule has 0 unspecified atom stereocenters. The van der Waals surface area contributed by atoms with Gasteiger partial charge in [-0.3, -0.25) is 0 Å². The van der Waals surface area contributed by atoms with E-state index >= 15 is 0 Å². The highest BCUT2D eigenvalue weighted by Gasteiger charge is 2.46. The number of alkyl halides is 2. The number of nitrogens with one attached hydrogen (secondary N) is 1. The second-order valence-electron chi connectivity index (χ2n) is 3.12. The number of aliphatic hydroxyl groups excluding tert-OH is 2. The first-order valence-electron chi connectivity index (χ1n) is 3.70. The van der Waals surface area contributed by atoms with Crippen molar-refractivity contribution in [3.05, 3.63) is 0 Å². The van der Waals surface area contributed by atoms with E-state index in [-0.39, 0.29) is 5.71 Å². The van der Waals surface area contributed by atoms with Gasteiger partial charge in [-0.25, -0.2) is 8.78 Å². The molecule has 2 atom stereocenters. The molecule has 0 spiro atoms. The number of halogens is 2. The summed E-state index contributed by atoms with van der Waals surface area (Å²) >= 11 is 0. The minimum absolute atomic E-state index is 0.209. The van der Waals surface area contributed by atoms with Crippen molar-refractivity contribution < 1.29 is 19.0 Å². The largest absolute Gasteiger partial charge is 0.392 e. The molecule has 70 valence electrons. The van der Waals surface area contributed by atoms with Gasteiger partial charge in [-0.05, 0) is 0 Å². The van der Waals surface area contributed by atoms with Crippen LogP contribution >= 0.6 is 0 Å². The van der Waals surface area contributed by atoms with Gasteiger partial charge in [-0.1, -0.05) is 0 Å². The van der Waals surface area contributed by atoms with Crippen molar-refractivity contribution in [1.29, 1.82) is 5.41 Å². The zero-order valence-corrected chi connectivity index (χ0v) is 6.43. The molecule has 0 heterocycles. The summed E-state index contributed by atoms with van der Waals surface area (Å²) in [5, 5.41) is 24.7. The van der Waals surface area contributed by atoms with Crippen LogP contribution in [0, 0.1) is 11.3 Å². The minimum atomic E-state index is -2.88. The first-order valence-corrected chi connectivity index (χ1v) is 3.70. The summed E-state index contributed by atoms with van der Waals surface area (Å²) in [6.07, 6.45) is -2.30. The molecule has 3 N–H and O–H groups in total. The molecule has 0 aromatic carbocycles. The van der Waals surface area contributed by atoms with Gasteiger partial charge in [0.05, 0.1) is 12.7 Å². The Hall–Kier alpha value is -0.550. The summed E-state index contributed by atoms with van der Waals surface area (Å²) in [4.78, 5) is 0. The van der Waals surface area contributed by atoms with Crippen LogP contribution in [0.5, 0.6) is 0 Å². The van der Waals surface area contributed by atoms with Crippen molar-refractivity contribution >= 4 is 5.71 Å². The molecule has 1 saturated carbocycles. The van der Waals surface area contributed by atoms with Gasteiger partial charge in [0.2, 0.25) is 0 Å². The maximum atomic E-state index is 12.6. The molecule has 0 radical (unpaired) electrons. The summed E-state index contributed by atoms with van der Waals surface area (Å²) in [5.74, 6) is -3.75. The Kier molecular flexibility index (Phi) is 2.44. The molecule has 12 heavy (non-hydrogen) atoms. The molecule has 1 aliphatic rings. The van der Waals surface area contributed by atoms with E-state index in [1.165, 1.54) is 0 Å². The maximum absolute atomic E-state index is 12.6. The smallest absolute Gasteiger partial charge is 0.251 e. The van der Waals surface area contributed by atoms with Crippen molar-refractivity contribution in [2.45, 2.75) is 24.9 Å². The fraction of sp³-hybridized carbons (Fsp3) is 0.857. The van der Waals surface area contributed by atoms with E-state index in [1.807, 2.05) is 0 Å². The minimum Gasteiger partial charge on any atom is -0.392 e. The quantitative estimate of drug-likeness (QED) is 0.537. The Morgan fingerprint density at radius 3 is 2.42 bits per heavy atom. The Labute approximate surface area is 68.5 Å². The van der Waals surface area contributed by atoms with Crippen LogP contribution in [0.25, 0.3) is 0 Å². The van der Waals surface area contributed by atoms with Crippen LogP contribution in [0.4, 0.5) is 8.78 Å². The average molecular weight is 179 g/mol. The van der Waals surface area contributed by atoms with E-state index in [2.05, 4.69) is 0 Å². The topological polar surface area (TPSA) is 64.3 Å². The lowest BCUT2D eigenvalue weighted by Gasteiger charge is -2.12. The molecule has 5 heteroatoms. The summed E-state index contributed by atoms with van der Waals surface area (Å²) in [6, 6.07) is 0. The molecule has 1 aliphatic carbocycles. The van der Waals surface area contributed by atoms with Crippen molar-refractivity contribution in [3.63, 3.8) is 0 Å². The summed E-state index contributed by atoms with van der Waals surface area (Å²) < 4.78 is 25.2. The van der Waals surface area contributed by atoms with E-state index < -0.39 is 37.4 Å². The molecular formula is C7H11F2NO2. The van der Waals surface area contributed by atoms with E-state index in [9.17, 15) is 8.78 Å². The zero-order chi connectivity index (χ0) is 9.35. The van der Waals surface area contributed by atoms with Crippen LogP contribution in [0.15, 0.2) is 0 Å². The highest BCUT2D eigenvalue weighted by atomic mass is 19.3. The molecule has 0 aromatic heterocycles. The lowest BCUT2D eigenvalue weighted by molar-refractivity contribution is -0.00364. The second-order valence-corrected chi connectivity index (χ2v) is 3.12. The van der Waals surface area contributed by atoms with Gasteiger partial charge in [-0.15, -0.1) is 0 Å². The van der Waals surface area contributed by atoms with Crippen LogP contribution in [0.3, 0.4) is 0 Å². The molecule has 1 rings (SSSR count). The Morgan fingerprint density at radius 1 is 1.50 bits per heavy atom. The van der Waals surface area contributed by atoms with Gasteiger partial charge in [0.25, 0.3) is 5.92 Å². The van der Waals surface area contributed by atoms with Gasteiger partial charge >= 0.3 is 0 Å². The third-order valence-corrected chi connectivity index (χ3v) is 2.11. The summed E-state index contributed by atoms with van der Waals surface area (Å²) in [7, 11) is 0. The highest BCUT2D eigenvalue weighted by molar-refractivity contribution is 5.85. The zero-order valence-electron chi connectivity index (χ0n) is 6.43. The Bertz CT molecular complexity index is 196. The SMILES string of the molecule is N=C(CO)[C@H]1CC(F)(F)C[C@H]1O.